The Morgan fingerprint density at radius 1 is 0.496 bits per heavy atom. The maximum absolute atomic E-state index is 13.0. The van der Waals surface area contributed by atoms with E-state index in [0.29, 0.717) is 60.7 Å². The van der Waals surface area contributed by atoms with Crippen LogP contribution in [0, 0.1) is 5.41 Å². The van der Waals surface area contributed by atoms with E-state index in [4.69, 9.17) is 81.7 Å². The molecule has 714 valence electrons. The number of aromatic nitrogens is 8. The van der Waals surface area contributed by atoms with E-state index in [1.165, 1.54) is 83.2 Å². The van der Waals surface area contributed by atoms with Crippen molar-refractivity contribution in [3.05, 3.63) is 280 Å². The number of aryl methyl sites for hydroxylation is 1. The summed E-state index contributed by atoms with van der Waals surface area (Å²) < 4.78 is 29.6. The van der Waals surface area contributed by atoms with Crippen molar-refractivity contribution in [2.24, 2.45) is 5.41 Å². The topological polar surface area (TPSA) is 242 Å². The van der Waals surface area contributed by atoms with E-state index in [2.05, 4.69) is 199 Å². The standard InChI is InChI=1S/C28H35ClN4O3.C25H26ClN5O3.C22H26ClN3O.C16H21ClN2.C15H19ClN2S/c1-3-36-28(34)33-10-9-23-24-18-22(29)7-8-25(24)30-26(23)27(33)21-6-4-5-20(17-21)19-32-13-11-31(12-14-32)15-16-35-2;1-2-33-25(32)31-13-10-20-21-16-18(26)6-9-22(21)28-23(20)24(31)17-4-7-19(8-5-17)34-15-3-12-30-14-11-27-29-30;1-26(2)12-3-13-27-17-7-4-15(5-8-17)21-22-18(10-11-24-21)19-14-16(23)6-9-20(19)25-22;1-16(2,3)9-14-15-11(6-7-18-14)12-8-10(17)4-5-13(12)19-15;1-9(19-2)7-14-15-11(5-6-17-14)12-8-10(16)3-4-13(12)18-15/h4-8,17-18,27,30H,3,9-16,19H2,1-2H3;4-9,11,14,16,24,28H,2-3,10,12-13,15H2,1H3;4-9,14,21,24-25H,3,10-13H2,1-2H3;4-5,8,14,18-19H,6-7,9H2,1-3H3;3-4,8-9,14,17-18H,5-7H2,1-2H3. The van der Waals surface area contributed by atoms with Crippen LogP contribution in [0.25, 0.3) is 54.5 Å². The first-order chi connectivity index (χ1) is 65.4. The number of methoxy groups -OCH3 is 1. The van der Waals surface area contributed by atoms with E-state index in [9.17, 15) is 9.59 Å². The number of nitrogens with zero attached hydrogens (tertiary/aromatic N) is 8. The average molecular weight is 1950 g/mol. The van der Waals surface area contributed by atoms with Crippen molar-refractivity contribution in [3.8, 4) is 11.5 Å². The highest BCUT2D eigenvalue weighted by Crippen LogP contribution is 2.45. The first kappa shape index (κ1) is 98.3. The Hall–Kier alpha value is -9.74. The molecule has 6 atom stereocenters. The third-order valence-corrected chi connectivity index (χ3v) is 28.5. The van der Waals surface area contributed by atoms with Gasteiger partial charge in [0.1, 0.15) is 23.6 Å². The smallest absolute Gasteiger partial charge is 0.410 e. The van der Waals surface area contributed by atoms with Gasteiger partial charge in [0.05, 0.1) is 45.3 Å². The summed E-state index contributed by atoms with van der Waals surface area (Å²) in [5.74, 6) is 1.71. The number of aromatic amines is 5. The number of ether oxygens (including phenoxy) is 5. The predicted octanol–water partition coefficient (Wildman–Crippen LogP) is 22.7. The van der Waals surface area contributed by atoms with Crippen molar-refractivity contribution in [2.75, 3.05) is 132 Å². The van der Waals surface area contributed by atoms with Crippen molar-refractivity contribution in [3.63, 3.8) is 0 Å². The minimum absolute atomic E-state index is 0.169. The number of fused-ring (bicyclic) bond motifs is 15. The molecule has 0 aliphatic carbocycles. The Balaban J connectivity index is 0.000000125. The normalized spacial score (nSPS) is 17.9. The third kappa shape index (κ3) is 24.2. The van der Waals surface area contributed by atoms with Crippen molar-refractivity contribution in [2.45, 2.75) is 148 Å². The van der Waals surface area contributed by atoms with E-state index in [0.717, 1.165) is 224 Å². The lowest BCUT2D eigenvalue weighted by Crippen LogP contribution is -2.46. The van der Waals surface area contributed by atoms with E-state index in [1.807, 2.05) is 116 Å². The predicted molar refractivity (Wildman–Crippen MR) is 551 cm³/mol. The van der Waals surface area contributed by atoms with Crippen LogP contribution in [0.4, 0.5) is 9.59 Å². The number of carbonyl (C=O) groups is 2. The fourth-order valence-electron chi connectivity index (χ4n) is 19.8. The molecule has 20 rings (SSSR count). The van der Waals surface area contributed by atoms with Gasteiger partial charge in [-0.05, 0) is 269 Å². The highest BCUT2D eigenvalue weighted by molar-refractivity contribution is 7.99. The summed E-state index contributed by atoms with van der Waals surface area (Å²) in [4.78, 5) is 54.6. The first-order valence-corrected chi connectivity index (χ1v) is 50.7. The van der Waals surface area contributed by atoms with Crippen LogP contribution < -0.4 is 25.4 Å². The molecule has 6 unspecified atom stereocenters. The number of hydrogen-bond donors (Lipinski definition) is 8. The molecule has 8 aromatic carbocycles. The summed E-state index contributed by atoms with van der Waals surface area (Å²) in [6, 6.07) is 55.7. The molecule has 6 aromatic heterocycles. The number of piperazine rings is 1. The fourth-order valence-corrected chi connectivity index (χ4v) is 21.1. The Morgan fingerprint density at radius 3 is 1.41 bits per heavy atom. The molecule has 0 spiro atoms. The summed E-state index contributed by atoms with van der Waals surface area (Å²) in [5.41, 5.74) is 23.3. The Morgan fingerprint density at radius 2 is 0.941 bits per heavy atom. The van der Waals surface area contributed by atoms with Crippen molar-refractivity contribution >= 4 is 136 Å². The molecule has 1 saturated heterocycles. The van der Waals surface area contributed by atoms with Crippen LogP contribution in [0.1, 0.15) is 176 Å². The van der Waals surface area contributed by atoms with E-state index in [1.54, 1.807) is 22.9 Å². The van der Waals surface area contributed by atoms with Gasteiger partial charge in [0, 0.05) is 217 Å². The lowest BCUT2D eigenvalue weighted by Gasteiger charge is -2.36. The van der Waals surface area contributed by atoms with Gasteiger partial charge in [-0.1, -0.05) is 139 Å². The van der Waals surface area contributed by atoms with E-state index >= 15 is 0 Å². The number of halogens is 5. The first-order valence-electron chi connectivity index (χ1n) is 47.5. The molecule has 135 heavy (non-hydrogen) atoms. The summed E-state index contributed by atoms with van der Waals surface area (Å²) in [6.07, 6.45) is 13.9. The molecular weight excluding hydrogens is 1820 g/mol. The number of nitrogens with one attached hydrogen (secondary N) is 8. The van der Waals surface area contributed by atoms with Gasteiger partial charge in [0.25, 0.3) is 0 Å². The quantitative estimate of drug-likeness (QED) is 0.0262. The molecule has 6 aliphatic heterocycles. The fraction of sp³-hybridized carbons (Fsp3) is 0.415. The minimum Gasteiger partial charge on any atom is -0.494 e. The second kappa shape index (κ2) is 45.7. The highest BCUT2D eigenvalue weighted by Gasteiger charge is 2.39. The van der Waals surface area contributed by atoms with Crippen LogP contribution in [0.15, 0.2) is 176 Å². The lowest BCUT2D eigenvalue weighted by molar-refractivity contribution is 0.0921. The Kier molecular flexibility index (Phi) is 33.3. The molecule has 23 nitrogen and oxygen atoms in total. The second-order valence-electron chi connectivity index (χ2n) is 37.2. The van der Waals surface area contributed by atoms with Gasteiger partial charge in [-0.15, -0.1) is 5.10 Å². The monoisotopic (exact) mass is 1940 g/mol. The highest BCUT2D eigenvalue weighted by atomic mass is 35.5. The number of thioether (sulfide) groups is 1. The lowest BCUT2D eigenvalue weighted by atomic mass is 9.84. The van der Waals surface area contributed by atoms with Crippen LogP contribution in [-0.2, 0) is 59.4 Å². The molecule has 0 radical (unpaired) electrons. The zero-order chi connectivity index (χ0) is 94.4. The molecule has 14 aromatic rings. The maximum atomic E-state index is 13.0. The number of rotatable bonds is 24. The molecule has 29 heteroatoms. The molecule has 12 heterocycles. The SMILES string of the molecule is CC(C)(C)CC1NCCc2c1[nH]c1ccc(Cl)cc21.CCOC(=O)N1CCc2c([nH]c3ccc(Cl)cc23)C1c1ccc(OCCCn2ccnn2)cc1.CCOC(=O)N1CCc2c([nH]c3ccc(Cl)cc23)C1c1cccc(CN2CCN(CCOC)CC2)c1.CN(C)CCCOc1ccc(C2NCCc3c2[nH]c2ccc(Cl)cc32)cc1.CSC(C)CC1NCCc2c1[nH]c1ccc(Cl)cc21. The number of benzene rings is 8. The molecular formula is C106H127Cl5N16O7S. The van der Waals surface area contributed by atoms with Gasteiger partial charge < -0.3 is 69.5 Å². The number of hydrogen-bond acceptors (Lipinski definition) is 16. The summed E-state index contributed by atoms with van der Waals surface area (Å²) >= 11 is 33.0. The third-order valence-electron chi connectivity index (χ3n) is 26.4. The van der Waals surface area contributed by atoms with Crippen LogP contribution in [0.3, 0.4) is 0 Å². The molecule has 6 aliphatic rings. The Labute approximate surface area is 821 Å². The summed E-state index contributed by atoms with van der Waals surface area (Å²) in [5, 5.41) is 29.3. The maximum Gasteiger partial charge on any atom is 0.410 e. The van der Waals surface area contributed by atoms with Crippen LogP contribution in [-0.4, -0.2) is 214 Å². The van der Waals surface area contributed by atoms with Crippen LogP contribution in [0.2, 0.25) is 25.1 Å². The summed E-state index contributed by atoms with van der Waals surface area (Å²) in [6.45, 7) is 27.7. The van der Waals surface area contributed by atoms with Crippen LogP contribution >= 0.6 is 69.8 Å². The van der Waals surface area contributed by atoms with Crippen molar-refractivity contribution in [1.82, 2.24) is 80.4 Å². The van der Waals surface area contributed by atoms with Gasteiger partial charge in [-0.3, -0.25) is 24.3 Å². The minimum atomic E-state index is -0.316. The Bertz CT molecular complexity index is 6320. The molecule has 8 N–H and O–H groups in total. The van der Waals surface area contributed by atoms with Crippen molar-refractivity contribution < 1.29 is 33.3 Å². The number of amides is 2. The van der Waals surface area contributed by atoms with Gasteiger partial charge >= 0.3 is 12.2 Å². The average Bonchev–Trinajstić information content (AvgIpc) is 1.62. The zero-order valence-electron chi connectivity index (χ0n) is 79.0. The summed E-state index contributed by atoms with van der Waals surface area (Å²) in [7, 11) is 5.92. The van der Waals surface area contributed by atoms with Gasteiger partial charge in [0.2, 0.25) is 0 Å². The van der Waals surface area contributed by atoms with E-state index < -0.39 is 0 Å². The molecule has 1 fully saturated rings. The molecule has 0 bridgehead atoms. The zero-order valence-corrected chi connectivity index (χ0v) is 83.6. The van der Waals surface area contributed by atoms with Gasteiger partial charge in [-0.2, -0.15) is 11.8 Å². The number of carbonyl (C=O) groups excluding carboxylic acids is 2. The number of H-pyrrole nitrogens is 5. The van der Waals surface area contributed by atoms with E-state index in [-0.39, 0.29) is 30.3 Å². The van der Waals surface area contributed by atoms with Gasteiger partial charge in [-0.25, -0.2) is 9.59 Å². The molecule has 2 amide bonds. The largest absolute Gasteiger partial charge is 0.494 e. The van der Waals surface area contributed by atoms with Crippen molar-refractivity contribution in [1.29, 1.82) is 0 Å². The second-order valence-corrected chi connectivity index (χ2v) is 40.6. The molecule has 0 saturated carbocycles. The van der Waals surface area contributed by atoms with Gasteiger partial charge in [0.15, 0.2) is 0 Å². The van der Waals surface area contributed by atoms with Crippen LogP contribution in [0.5, 0.6) is 11.5 Å².